The van der Waals surface area contributed by atoms with Crippen molar-refractivity contribution in [2.45, 2.75) is 31.8 Å². The lowest BCUT2D eigenvalue weighted by molar-refractivity contribution is 0.680. The molecule has 2 aromatic carbocycles. The van der Waals surface area contributed by atoms with Crippen molar-refractivity contribution in [2.24, 2.45) is 0 Å². The highest BCUT2D eigenvalue weighted by atomic mass is 79.9. The Balaban J connectivity index is 2.34. The fraction of sp³-hybridized carbons (Fsp3) is 0.294. The van der Waals surface area contributed by atoms with Crippen LogP contribution in [0.1, 0.15) is 25.0 Å². The normalized spacial score (nSPS) is 10.8. The van der Waals surface area contributed by atoms with Crippen molar-refractivity contribution >= 4 is 37.5 Å². The molecular weight excluding hydrogens is 378 g/mol. The summed E-state index contributed by atoms with van der Waals surface area (Å²) in [6.45, 7) is 5.41. The van der Waals surface area contributed by atoms with Gasteiger partial charge in [0.2, 0.25) is 0 Å². The monoisotopic (exact) mass is 395 g/mol. The average molecular weight is 397 g/mol. The first kappa shape index (κ1) is 15.6. The van der Waals surface area contributed by atoms with Crippen LogP contribution in [0.4, 0.5) is 5.69 Å². The number of nitrogens with zero attached hydrogens (tertiary/aromatic N) is 1. The molecule has 106 valence electrons. The fourth-order valence-corrected chi connectivity index (χ4v) is 3.12. The fourth-order valence-electron chi connectivity index (χ4n) is 2.27. The van der Waals surface area contributed by atoms with Crippen LogP contribution in [0.15, 0.2) is 53.0 Å². The van der Waals surface area contributed by atoms with Crippen LogP contribution < -0.4 is 4.90 Å². The Morgan fingerprint density at radius 1 is 1.05 bits per heavy atom. The van der Waals surface area contributed by atoms with Gasteiger partial charge in [-0.1, -0.05) is 62.2 Å². The Morgan fingerprint density at radius 2 is 1.75 bits per heavy atom. The third-order valence-corrected chi connectivity index (χ3v) is 4.41. The van der Waals surface area contributed by atoms with Gasteiger partial charge in [-0.15, -0.1) is 0 Å². The lowest BCUT2D eigenvalue weighted by atomic mass is 10.1. The quantitative estimate of drug-likeness (QED) is 0.580. The Hall–Kier alpha value is -0.800. The summed E-state index contributed by atoms with van der Waals surface area (Å²) < 4.78 is 1.12. The minimum absolute atomic E-state index is 0.453. The van der Waals surface area contributed by atoms with E-state index in [2.05, 4.69) is 99.1 Å². The molecule has 0 saturated carbocycles. The second kappa shape index (κ2) is 7.28. The molecule has 0 aliphatic carbocycles. The first-order chi connectivity index (χ1) is 9.61. The highest BCUT2D eigenvalue weighted by Gasteiger charge is 2.14. The number of benzene rings is 2. The van der Waals surface area contributed by atoms with E-state index in [1.54, 1.807) is 0 Å². The first-order valence-electron chi connectivity index (χ1n) is 6.76. The van der Waals surface area contributed by atoms with E-state index in [1.165, 1.54) is 16.8 Å². The molecule has 0 radical (unpaired) electrons. The number of anilines is 1. The third kappa shape index (κ3) is 3.86. The maximum atomic E-state index is 3.60. The van der Waals surface area contributed by atoms with Gasteiger partial charge in [0.05, 0.1) is 0 Å². The second-order valence-corrected chi connectivity index (χ2v) is 6.59. The highest BCUT2D eigenvalue weighted by Crippen LogP contribution is 2.29. The van der Waals surface area contributed by atoms with Gasteiger partial charge in [-0.3, -0.25) is 0 Å². The molecule has 1 nitrogen and oxygen atoms in total. The zero-order valence-electron chi connectivity index (χ0n) is 11.8. The smallest absolute Gasteiger partial charge is 0.0432 e. The minimum Gasteiger partial charge on any atom is -0.365 e. The molecule has 0 atom stereocenters. The Labute approximate surface area is 138 Å². The van der Waals surface area contributed by atoms with Crippen LogP contribution in [0.2, 0.25) is 0 Å². The molecule has 0 heterocycles. The van der Waals surface area contributed by atoms with Gasteiger partial charge in [-0.25, -0.2) is 0 Å². The Bertz CT molecular complexity index is 552. The summed E-state index contributed by atoms with van der Waals surface area (Å²) in [6, 6.07) is 17.6. The molecule has 0 fully saturated rings. The molecule has 2 aromatic rings. The summed E-state index contributed by atoms with van der Waals surface area (Å²) in [6.07, 6.45) is 0. The van der Waals surface area contributed by atoms with Crippen molar-refractivity contribution < 1.29 is 0 Å². The molecule has 0 bridgehead atoms. The van der Waals surface area contributed by atoms with E-state index < -0.39 is 0 Å². The molecule has 20 heavy (non-hydrogen) atoms. The van der Waals surface area contributed by atoms with E-state index in [-0.39, 0.29) is 0 Å². The van der Waals surface area contributed by atoms with E-state index in [0.29, 0.717) is 6.04 Å². The number of rotatable bonds is 5. The lowest BCUT2D eigenvalue weighted by Crippen LogP contribution is -2.30. The molecule has 0 amide bonds. The zero-order valence-corrected chi connectivity index (χ0v) is 15.0. The second-order valence-electron chi connectivity index (χ2n) is 5.11. The predicted molar refractivity (Wildman–Crippen MR) is 94.5 cm³/mol. The van der Waals surface area contributed by atoms with Gasteiger partial charge in [0.15, 0.2) is 0 Å². The van der Waals surface area contributed by atoms with Crippen LogP contribution in [0.25, 0.3) is 0 Å². The van der Waals surface area contributed by atoms with E-state index in [1.807, 2.05) is 0 Å². The topological polar surface area (TPSA) is 3.24 Å². The summed E-state index contributed by atoms with van der Waals surface area (Å²) >= 11 is 7.15. The number of hydrogen-bond donors (Lipinski definition) is 0. The van der Waals surface area contributed by atoms with Crippen molar-refractivity contribution in [3.05, 3.63) is 64.1 Å². The number of alkyl halides is 1. The third-order valence-electron chi connectivity index (χ3n) is 3.31. The van der Waals surface area contributed by atoms with Crippen LogP contribution in [0.5, 0.6) is 0 Å². The molecule has 0 N–H and O–H groups in total. The molecular formula is C17H19Br2N. The van der Waals surface area contributed by atoms with Crippen LogP contribution in [0, 0.1) is 0 Å². The summed E-state index contributed by atoms with van der Waals surface area (Å²) in [5, 5.41) is 0.861. The number of hydrogen-bond acceptors (Lipinski definition) is 1. The number of halogens is 2. The van der Waals surface area contributed by atoms with Crippen molar-refractivity contribution in [1.82, 2.24) is 0 Å². The lowest BCUT2D eigenvalue weighted by Gasteiger charge is -2.31. The molecule has 3 heteroatoms. The average Bonchev–Trinajstić information content (AvgIpc) is 2.46. The maximum Gasteiger partial charge on any atom is 0.0432 e. The maximum absolute atomic E-state index is 3.60. The summed E-state index contributed by atoms with van der Waals surface area (Å²) in [5.74, 6) is 0. The van der Waals surface area contributed by atoms with Crippen molar-refractivity contribution in [2.75, 3.05) is 4.90 Å². The highest BCUT2D eigenvalue weighted by molar-refractivity contribution is 9.10. The molecule has 0 unspecified atom stereocenters. The molecule has 2 rings (SSSR count). The molecule has 0 spiro atoms. The summed E-state index contributed by atoms with van der Waals surface area (Å²) in [5.41, 5.74) is 3.94. The van der Waals surface area contributed by atoms with Crippen LogP contribution in [-0.2, 0) is 11.9 Å². The molecule has 0 aliphatic heterocycles. The Morgan fingerprint density at radius 3 is 2.35 bits per heavy atom. The van der Waals surface area contributed by atoms with Gasteiger partial charge in [0.1, 0.15) is 0 Å². The van der Waals surface area contributed by atoms with Crippen molar-refractivity contribution in [3.63, 3.8) is 0 Å². The minimum atomic E-state index is 0.453. The first-order valence-corrected chi connectivity index (χ1v) is 8.68. The molecule has 0 saturated heterocycles. The van der Waals surface area contributed by atoms with Gasteiger partial charge in [-0.2, -0.15) is 0 Å². The zero-order chi connectivity index (χ0) is 14.5. The summed E-state index contributed by atoms with van der Waals surface area (Å²) in [7, 11) is 0. The van der Waals surface area contributed by atoms with Crippen LogP contribution in [-0.4, -0.2) is 6.04 Å². The van der Waals surface area contributed by atoms with Gasteiger partial charge in [0, 0.05) is 28.1 Å². The van der Waals surface area contributed by atoms with Crippen LogP contribution >= 0.6 is 31.9 Å². The largest absolute Gasteiger partial charge is 0.365 e. The predicted octanol–water partition coefficient (Wildman–Crippen LogP) is 5.76. The van der Waals surface area contributed by atoms with Gasteiger partial charge >= 0.3 is 0 Å². The van der Waals surface area contributed by atoms with E-state index in [0.717, 1.165) is 16.3 Å². The van der Waals surface area contributed by atoms with Crippen molar-refractivity contribution in [3.8, 4) is 0 Å². The van der Waals surface area contributed by atoms with Crippen LogP contribution in [0.3, 0.4) is 0 Å². The SMILES string of the molecule is CC(C)N(Cc1ccccc1)c1ccc(Br)cc1CBr. The Kier molecular flexibility index (Phi) is 5.67. The van der Waals surface area contributed by atoms with E-state index in [4.69, 9.17) is 0 Å². The van der Waals surface area contributed by atoms with Gasteiger partial charge in [-0.05, 0) is 43.2 Å². The van der Waals surface area contributed by atoms with E-state index in [9.17, 15) is 0 Å². The van der Waals surface area contributed by atoms with Gasteiger partial charge < -0.3 is 4.90 Å². The molecule has 0 aliphatic rings. The van der Waals surface area contributed by atoms with Gasteiger partial charge in [0.25, 0.3) is 0 Å². The van der Waals surface area contributed by atoms with Crippen molar-refractivity contribution in [1.29, 1.82) is 0 Å². The standard InChI is InChI=1S/C17H19Br2N/c1-13(2)20(12-14-6-4-3-5-7-14)17-9-8-16(19)10-15(17)11-18/h3-10,13H,11-12H2,1-2H3. The van der Waals surface area contributed by atoms with E-state index >= 15 is 0 Å². The summed E-state index contributed by atoms with van der Waals surface area (Å²) in [4.78, 5) is 2.44. The molecule has 0 aromatic heterocycles.